The molecule has 16 heavy (non-hydrogen) atoms. The average Bonchev–Trinajstić information content (AvgIpc) is 2.74. The predicted octanol–water partition coefficient (Wildman–Crippen LogP) is -0.0428. The Labute approximate surface area is 93.5 Å². The maximum absolute atomic E-state index is 5.54. The van der Waals surface area contributed by atoms with Crippen LogP contribution in [0.3, 0.4) is 0 Å². The number of nitrogens with two attached hydrogens (primary N) is 1. The van der Waals surface area contributed by atoms with Crippen LogP contribution in [0.5, 0.6) is 0 Å². The Balaban J connectivity index is 2.16. The Morgan fingerprint density at radius 2 is 2.38 bits per heavy atom. The van der Waals surface area contributed by atoms with Gasteiger partial charge in [-0.15, -0.1) is 5.10 Å². The highest BCUT2D eigenvalue weighted by Crippen LogP contribution is 2.15. The standard InChI is InChI=1S/C10H14N6/c1-16-10(7-13-15-16)9(14-11)5-8-3-2-4-12-6-8/h2-4,6-7,9,14H,5,11H2,1H3. The summed E-state index contributed by atoms with van der Waals surface area (Å²) in [5, 5.41) is 7.72. The summed E-state index contributed by atoms with van der Waals surface area (Å²) in [5.74, 6) is 5.54. The molecule has 0 saturated carbocycles. The quantitative estimate of drug-likeness (QED) is 0.555. The van der Waals surface area contributed by atoms with E-state index >= 15 is 0 Å². The van der Waals surface area contributed by atoms with Gasteiger partial charge in [-0.3, -0.25) is 20.9 Å². The van der Waals surface area contributed by atoms with Crippen LogP contribution in [0, 0.1) is 0 Å². The molecule has 6 heteroatoms. The predicted molar refractivity (Wildman–Crippen MR) is 59.0 cm³/mol. The van der Waals surface area contributed by atoms with Crippen molar-refractivity contribution in [2.75, 3.05) is 0 Å². The van der Waals surface area contributed by atoms with Gasteiger partial charge >= 0.3 is 0 Å². The van der Waals surface area contributed by atoms with Crippen LogP contribution in [0.1, 0.15) is 17.3 Å². The molecule has 84 valence electrons. The molecule has 2 heterocycles. The van der Waals surface area contributed by atoms with Gasteiger partial charge in [0.2, 0.25) is 0 Å². The van der Waals surface area contributed by atoms with Crippen molar-refractivity contribution in [3.63, 3.8) is 0 Å². The molecule has 2 aromatic heterocycles. The molecule has 2 aromatic rings. The van der Waals surface area contributed by atoms with Gasteiger partial charge in [-0.25, -0.2) is 0 Å². The summed E-state index contributed by atoms with van der Waals surface area (Å²) in [5.41, 5.74) is 4.83. The lowest BCUT2D eigenvalue weighted by atomic mass is 10.1. The van der Waals surface area contributed by atoms with E-state index in [0.29, 0.717) is 0 Å². The van der Waals surface area contributed by atoms with Crippen molar-refractivity contribution in [1.82, 2.24) is 25.4 Å². The van der Waals surface area contributed by atoms with Crippen LogP contribution in [0.2, 0.25) is 0 Å². The second-order valence-electron chi connectivity index (χ2n) is 3.57. The van der Waals surface area contributed by atoms with Crippen LogP contribution in [-0.2, 0) is 13.5 Å². The third-order valence-electron chi connectivity index (χ3n) is 2.47. The Hall–Kier alpha value is -1.79. The fraction of sp³-hybridized carbons (Fsp3) is 0.300. The van der Waals surface area contributed by atoms with E-state index in [4.69, 9.17) is 5.84 Å². The number of nitrogens with one attached hydrogen (secondary N) is 1. The van der Waals surface area contributed by atoms with Gasteiger partial charge in [-0.1, -0.05) is 11.3 Å². The summed E-state index contributed by atoms with van der Waals surface area (Å²) in [6, 6.07) is 3.91. The minimum atomic E-state index is -0.0100. The fourth-order valence-corrected chi connectivity index (χ4v) is 1.62. The first-order valence-corrected chi connectivity index (χ1v) is 5.01. The zero-order valence-electron chi connectivity index (χ0n) is 9.04. The number of pyridine rings is 1. The van der Waals surface area contributed by atoms with E-state index < -0.39 is 0 Å². The van der Waals surface area contributed by atoms with Crippen LogP contribution in [0.4, 0.5) is 0 Å². The SMILES string of the molecule is Cn1nncc1C(Cc1cccnc1)NN. The van der Waals surface area contributed by atoms with Crippen LogP contribution in [0.15, 0.2) is 30.7 Å². The second kappa shape index (κ2) is 4.82. The topological polar surface area (TPSA) is 81.7 Å². The molecule has 0 saturated heterocycles. The molecule has 3 N–H and O–H groups in total. The number of rotatable bonds is 4. The van der Waals surface area contributed by atoms with Crippen molar-refractivity contribution in [3.05, 3.63) is 42.0 Å². The fourth-order valence-electron chi connectivity index (χ4n) is 1.62. The average molecular weight is 218 g/mol. The van der Waals surface area contributed by atoms with E-state index in [9.17, 15) is 0 Å². The van der Waals surface area contributed by atoms with Gasteiger partial charge in [0.05, 0.1) is 17.9 Å². The molecule has 1 unspecified atom stereocenters. The van der Waals surface area contributed by atoms with Gasteiger partial charge in [-0.2, -0.15) is 0 Å². The van der Waals surface area contributed by atoms with Gasteiger partial charge in [0, 0.05) is 19.4 Å². The van der Waals surface area contributed by atoms with Crippen LogP contribution < -0.4 is 11.3 Å². The number of aromatic nitrogens is 4. The van der Waals surface area contributed by atoms with Crippen molar-refractivity contribution in [1.29, 1.82) is 0 Å². The summed E-state index contributed by atoms with van der Waals surface area (Å²) >= 11 is 0. The molecular formula is C10H14N6. The number of hydrazine groups is 1. The first kappa shape index (κ1) is 10.7. The Kier molecular flexibility index (Phi) is 3.23. The molecule has 0 aliphatic heterocycles. The summed E-state index contributed by atoms with van der Waals surface area (Å²) < 4.78 is 1.71. The number of hydrogen-bond donors (Lipinski definition) is 2. The minimum Gasteiger partial charge on any atom is -0.271 e. The molecule has 0 aromatic carbocycles. The first-order chi connectivity index (χ1) is 7.81. The number of aryl methyl sites for hydroxylation is 1. The highest BCUT2D eigenvalue weighted by molar-refractivity contribution is 5.14. The third-order valence-corrected chi connectivity index (χ3v) is 2.47. The van der Waals surface area contributed by atoms with Crippen molar-refractivity contribution in [3.8, 4) is 0 Å². The van der Waals surface area contributed by atoms with E-state index in [0.717, 1.165) is 17.7 Å². The molecule has 6 nitrogen and oxygen atoms in total. The first-order valence-electron chi connectivity index (χ1n) is 5.01. The molecule has 0 amide bonds. The van der Waals surface area contributed by atoms with Crippen LogP contribution >= 0.6 is 0 Å². The Morgan fingerprint density at radius 3 is 2.94 bits per heavy atom. The Morgan fingerprint density at radius 1 is 1.50 bits per heavy atom. The normalized spacial score (nSPS) is 12.6. The maximum atomic E-state index is 5.54. The highest BCUT2D eigenvalue weighted by Gasteiger charge is 2.14. The van der Waals surface area contributed by atoms with Gasteiger partial charge < -0.3 is 0 Å². The van der Waals surface area contributed by atoms with E-state index in [-0.39, 0.29) is 6.04 Å². The van der Waals surface area contributed by atoms with Crippen molar-refractivity contribution in [2.45, 2.75) is 12.5 Å². The van der Waals surface area contributed by atoms with Gasteiger partial charge in [-0.05, 0) is 18.1 Å². The number of nitrogens with zero attached hydrogens (tertiary/aromatic N) is 4. The molecular weight excluding hydrogens is 204 g/mol. The molecule has 2 rings (SSSR count). The second-order valence-corrected chi connectivity index (χ2v) is 3.57. The summed E-state index contributed by atoms with van der Waals surface area (Å²) in [4.78, 5) is 4.07. The summed E-state index contributed by atoms with van der Waals surface area (Å²) in [6.45, 7) is 0. The third kappa shape index (κ3) is 2.23. The highest BCUT2D eigenvalue weighted by atomic mass is 15.4. The van der Waals surface area contributed by atoms with E-state index in [1.165, 1.54) is 0 Å². The van der Waals surface area contributed by atoms with Crippen molar-refractivity contribution >= 4 is 0 Å². The number of hydrogen-bond acceptors (Lipinski definition) is 5. The maximum Gasteiger partial charge on any atom is 0.0770 e. The molecule has 0 fully saturated rings. The summed E-state index contributed by atoms with van der Waals surface area (Å²) in [6.07, 6.45) is 6.04. The molecule has 0 radical (unpaired) electrons. The minimum absolute atomic E-state index is 0.0100. The molecule has 1 atom stereocenters. The zero-order chi connectivity index (χ0) is 11.4. The Bertz CT molecular complexity index is 438. The van der Waals surface area contributed by atoms with Crippen LogP contribution in [0.25, 0.3) is 0 Å². The van der Waals surface area contributed by atoms with E-state index in [2.05, 4.69) is 20.7 Å². The van der Waals surface area contributed by atoms with E-state index in [1.807, 2.05) is 25.4 Å². The molecule has 0 aliphatic rings. The van der Waals surface area contributed by atoms with Gasteiger partial charge in [0.25, 0.3) is 0 Å². The summed E-state index contributed by atoms with van der Waals surface area (Å²) in [7, 11) is 1.84. The van der Waals surface area contributed by atoms with Crippen molar-refractivity contribution < 1.29 is 0 Å². The molecule has 0 spiro atoms. The smallest absolute Gasteiger partial charge is 0.0770 e. The molecule has 0 bridgehead atoms. The van der Waals surface area contributed by atoms with Crippen LogP contribution in [-0.4, -0.2) is 20.0 Å². The van der Waals surface area contributed by atoms with Gasteiger partial charge in [0.15, 0.2) is 0 Å². The largest absolute Gasteiger partial charge is 0.271 e. The van der Waals surface area contributed by atoms with Crippen molar-refractivity contribution in [2.24, 2.45) is 12.9 Å². The lowest BCUT2D eigenvalue weighted by Crippen LogP contribution is -2.31. The van der Waals surface area contributed by atoms with Gasteiger partial charge in [0.1, 0.15) is 0 Å². The monoisotopic (exact) mass is 218 g/mol. The zero-order valence-corrected chi connectivity index (χ0v) is 9.04. The lowest BCUT2D eigenvalue weighted by molar-refractivity contribution is 0.506. The van der Waals surface area contributed by atoms with E-state index in [1.54, 1.807) is 17.1 Å². The lowest BCUT2D eigenvalue weighted by Gasteiger charge is -2.15. The molecule has 0 aliphatic carbocycles.